The Kier molecular flexibility index (Phi) is 10.3. The van der Waals surface area contributed by atoms with E-state index in [0.29, 0.717) is 22.9 Å². The molecule has 11 nitrogen and oxygen atoms in total. The summed E-state index contributed by atoms with van der Waals surface area (Å²) >= 11 is 6.34. The van der Waals surface area contributed by atoms with Gasteiger partial charge in [-0.05, 0) is 62.7 Å². The first-order valence-corrected chi connectivity index (χ1v) is 14.4. The van der Waals surface area contributed by atoms with Crippen molar-refractivity contribution in [3.8, 4) is 5.75 Å². The Labute approximate surface area is 243 Å². The summed E-state index contributed by atoms with van der Waals surface area (Å²) in [5.41, 5.74) is 0.581. The lowest BCUT2D eigenvalue weighted by Gasteiger charge is -2.32. The molecule has 2 amide bonds. The number of anilines is 1. The molecule has 0 heterocycles. The minimum absolute atomic E-state index is 0.0662. The summed E-state index contributed by atoms with van der Waals surface area (Å²) in [7, 11) is -3.05. The highest BCUT2D eigenvalue weighted by atomic mass is 35.5. The second-order valence-electron chi connectivity index (χ2n) is 9.10. The number of carbonyl (C=O) groups is 2. The third-order valence-corrected chi connectivity index (χ3v) is 8.56. The molecule has 0 fully saturated rings. The molecule has 0 spiro atoms. The van der Waals surface area contributed by atoms with Crippen LogP contribution in [0, 0.1) is 17.0 Å². The molecule has 0 bridgehead atoms. The molecule has 0 aliphatic carbocycles. The van der Waals surface area contributed by atoms with Crippen molar-refractivity contribution in [1.82, 2.24) is 10.2 Å². The minimum Gasteiger partial charge on any atom is -0.497 e. The molecule has 1 N–H and O–H groups in total. The first-order chi connectivity index (χ1) is 19.4. The molecule has 0 unspecified atom stereocenters. The SMILES string of the molecule is CCNC(=O)[C@@H](C)N(Cc1ccccc1Cl)C(=O)CN(c1ccc(OC)cc1)S(=O)(=O)c1ccc(C)c([N+](=O)[O-])c1. The molecule has 0 radical (unpaired) electrons. The van der Waals surface area contributed by atoms with E-state index in [2.05, 4.69) is 5.32 Å². The molecule has 0 aliphatic heterocycles. The molecule has 3 aromatic rings. The van der Waals surface area contributed by atoms with Crippen LogP contribution in [-0.4, -0.2) is 56.3 Å². The molecule has 3 aromatic carbocycles. The Bertz CT molecular complexity index is 1530. The van der Waals surface area contributed by atoms with Gasteiger partial charge in [-0.3, -0.25) is 24.0 Å². The number of amides is 2. The van der Waals surface area contributed by atoms with E-state index < -0.39 is 39.3 Å². The van der Waals surface area contributed by atoms with Crippen LogP contribution >= 0.6 is 11.6 Å². The molecule has 218 valence electrons. The predicted molar refractivity (Wildman–Crippen MR) is 156 cm³/mol. The molecule has 0 saturated carbocycles. The van der Waals surface area contributed by atoms with Crippen molar-refractivity contribution in [2.45, 2.75) is 38.3 Å². The zero-order valence-corrected chi connectivity index (χ0v) is 24.6. The lowest BCUT2D eigenvalue weighted by Crippen LogP contribution is -2.51. The molecule has 41 heavy (non-hydrogen) atoms. The van der Waals surface area contributed by atoms with Crippen molar-refractivity contribution >= 4 is 44.8 Å². The van der Waals surface area contributed by atoms with Crippen LogP contribution < -0.4 is 14.4 Å². The van der Waals surface area contributed by atoms with E-state index in [-0.39, 0.29) is 28.4 Å². The van der Waals surface area contributed by atoms with Crippen LogP contribution in [0.25, 0.3) is 0 Å². The largest absolute Gasteiger partial charge is 0.497 e. The number of aryl methyl sites for hydroxylation is 1. The maximum absolute atomic E-state index is 14.0. The molecule has 3 rings (SSSR count). The number of nitrogens with one attached hydrogen (secondary N) is 1. The van der Waals surface area contributed by atoms with Crippen molar-refractivity contribution in [1.29, 1.82) is 0 Å². The summed E-state index contributed by atoms with van der Waals surface area (Å²) in [6.45, 7) is 4.33. The number of nitro groups is 1. The van der Waals surface area contributed by atoms with Gasteiger partial charge in [0.05, 0.1) is 22.6 Å². The first-order valence-electron chi connectivity index (χ1n) is 12.6. The van der Waals surface area contributed by atoms with Crippen LogP contribution in [-0.2, 0) is 26.2 Å². The summed E-state index contributed by atoms with van der Waals surface area (Å²) in [5.74, 6) is -0.667. The number of hydrogen-bond donors (Lipinski definition) is 1. The number of methoxy groups -OCH3 is 1. The maximum atomic E-state index is 14.0. The molecular weight excluding hydrogens is 572 g/mol. The van der Waals surface area contributed by atoms with E-state index in [1.54, 1.807) is 31.2 Å². The number of halogens is 1. The fourth-order valence-corrected chi connectivity index (χ4v) is 5.70. The van der Waals surface area contributed by atoms with Gasteiger partial charge in [-0.25, -0.2) is 8.42 Å². The molecule has 13 heteroatoms. The van der Waals surface area contributed by atoms with Crippen molar-refractivity contribution in [2.24, 2.45) is 0 Å². The van der Waals surface area contributed by atoms with Crippen molar-refractivity contribution in [3.05, 3.63) is 93.0 Å². The van der Waals surface area contributed by atoms with Gasteiger partial charge in [0.15, 0.2) is 0 Å². The number of benzene rings is 3. The van der Waals surface area contributed by atoms with Gasteiger partial charge in [0.1, 0.15) is 18.3 Å². The lowest BCUT2D eigenvalue weighted by molar-refractivity contribution is -0.385. The van der Waals surface area contributed by atoms with Gasteiger partial charge >= 0.3 is 0 Å². The van der Waals surface area contributed by atoms with Crippen molar-refractivity contribution in [3.63, 3.8) is 0 Å². The second-order valence-corrected chi connectivity index (χ2v) is 11.4. The predicted octanol–water partition coefficient (Wildman–Crippen LogP) is 4.31. The van der Waals surface area contributed by atoms with Gasteiger partial charge < -0.3 is 15.0 Å². The van der Waals surface area contributed by atoms with Crippen LogP contribution in [0.2, 0.25) is 5.02 Å². The minimum atomic E-state index is -4.50. The number of rotatable bonds is 12. The van der Waals surface area contributed by atoms with Crippen molar-refractivity contribution in [2.75, 3.05) is 24.5 Å². The highest BCUT2D eigenvalue weighted by Crippen LogP contribution is 2.29. The number of sulfonamides is 1. The van der Waals surface area contributed by atoms with Crippen molar-refractivity contribution < 1.29 is 27.7 Å². The zero-order valence-electron chi connectivity index (χ0n) is 23.0. The Morgan fingerprint density at radius 2 is 1.76 bits per heavy atom. The fraction of sp³-hybridized carbons (Fsp3) is 0.286. The summed E-state index contributed by atoms with van der Waals surface area (Å²) < 4.78 is 33.9. The monoisotopic (exact) mass is 602 g/mol. The molecule has 0 aromatic heterocycles. The van der Waals surface area contributed by atoms with E-state index in [1.165, 1.54) is 62.3 Å². The normalized spacial score (nSPS) is 11.8. The molecule has 0 saturated heterocycles. The number of nitrogens with zero attached hydrogens (tertiary/aromatic N) is 3. The summed E-state index contributed by atoms with van der Waals surface area (Å²) in [6.07, 6.45) is 0. The first kappa shape index (κ1) is 31.4. The number of likely N-dealkylation sites (N-methyl/N-ethyl adjacent to an activating group) is 1. The Morgan fingerprint density at radius 1 is 1.10 bits per heavy atom. The van der Waals surface area contributed by atoms with E-state index in [9.17, 15) is 28.1 Å². The van der Waals surface area contributed by atoms with Crippen LogP contribution in [0.3, 0.4) is 0 Å². The Hall–Kier alpha value is -4.16. The fourth-order valence-electron chi connectivity index (χ4n) is 4.07. The maximum Gasteiger partial charge on any atom is 0.273 e. The third-order valence-electron chi connectivity index (χ3n) is 6.42. The second kappa shape index (κ2) is 13.5. The van der Waals surface area contributed by atoms with Crippen LogP contribution in [0.4, 0.5) is 11.4 Å². The Morgan fingerprint density at radius 3 is 2.34 bits per heavy atom. The summed E-state index contributed by atoms with van der Waals surface area (Å²) in [5, 5.41) is 14.6. The average Bonchev–Trinajstić information content (AvgIpc) is 2.95. The van der Waals surface area contributed by atoms with Crippen LogP contribution in [0.15, 0.2) is 71.6 Å². The third kappa shape index (κ3) is 7.33. The van der Waals surface area contributed by atoms with Crippen LogP contribution in [0.5, 0.6) is 5.75 Å². The van der Waals surface area contributed by atoms with Gasteiger partial charge in [-0.2, -0.15) is 0 Å². The quantitative estimate of drug-likeness (QED) is 0.241. The molecular formula is C28H31ClN4O7S. The van der Waals surface area contributed by atoms with E-state index in [1.807, 2.05) is 0 Å². The topological polar surface area (TPSA) is 139 Å². The highest BCUT2D eigenvalue weighted by Gasteiger charge is 2.33. The average molecular weight is 603 g/mol. The van der Waals surface area contributed by atoms with Gasteiger partial charge in [0.2, 0.25) is 11.8 Å². The smallest absolute Gasteiger partial charge is 0.273 e. The van der Waals surface area contributed by atoms with Gasteiger partial charge in [0, 0.05) is 29.7 Å². The summed E-state index contributed by atoms with van der Waals surface area (Å²) in [4.78, 5) is 38.4. The number of hydrogen-bond acceptors (Lipinski definition) is 7. The van der Waals surface area contributed by atoms with Gasteiger partial charge in [-0.1, -0.05) is 35.9 Å². The van der Waals surface area contributed by atoms with E-state index >= 15 is 0 Å². The highest BCUT2D eigenvalue weighted by molar-refractivity contribution is 7.92. The Balaban J connectivity index is 2.10. The molecule has 1 atom stereocenters. The zero-order chi connectivity index (χ0) is 30.3. The molecule has 0 aliphatic rings. The standard InChI is InChI=1S/C28H31ClN4O7S/c1-5-30-28(35)20(3)31(17-21-8-6-7-9-25(21)29)27(34)18-32(22-11-13-23(40-4)14-12-22)41(38,39)24-15-10-19(2)26(16-24)33(36)37/h6-16,20H,5,17-18H2,1-4H3,(H,30,35)/t20-/m1/s1. The lowest BCUT2D eigenvalue weighted by atomic mass is 10.1. The van der Waals surface area contributed by atoms with E-state index in [4.69, 9.17) is 16.3 Å². The van der Waals surface area contributed by atoms with E-state index in [0.717, 1.165) is 10.4 Å². The van der Waals surface area contributed by atoms with Gasteiger partial charge in [0.25, 0.3) is 15.7 Å². The van der Waals surface area contributed by atoms with Crippen LogP contribution in [0.1, 0.15) is 25.0 Å². The number of carbonyl (C=O) groups excluding carboxylic acids is 2. The number of nitro benzene ring substituents is 1. The summed E-state index contributed by atoms with van der Waals surface area (Å²) in [6, 6.07) is 15.4. The van der Waals surface area contributed by atoms with Gasteiger partial charge in [-0.15, -0.1) is 0 Å². The number of ether oxygens (including phenoxy) is 1.